The Labute approximate surface area is 146 Å². The van der Waals surface area contributed by atoms with E-state index in [1.54, 1.807) is 0 Å². The number of aromatic amines is 1. The number of hydrogen-bond acceptors (Lipinski definition) is 4. The highest BCUT2D eigenvalue weighted by atomic mass is 19.4. The first-order valence-electron chi connectivity index (χ1n) is 8.00. The number of aromatic nitrogens is 2. The Kier molecular flexibility index (Phi) is 4.97. The van der Waals surface area contributed by atoms with Crippen LogP contribution < -0.4 is 10.3 Å². The molecule has 0 aliphatic carbocycles. The third-order valence-electron chi connectivity index (χ3n) is 4.14. The minimum absolute atomic E-state index is 0.0373. The molecule has 9 heteroatoms. The average molecular weight is 367 g/mol. The summed E-state index contributed by atoms with van der Waals surface area (Å²) in [7, 11) is 0. The molecule has 1 aliphatic rings. The third-order valence-corrected chi connectivity index (χ3v) is 4.14. The summed E-state index contributed by atoms with van der Waals surface area (Å²) in [6, 6.07) is 4.72. The molecule has 0 spiro atoms. The second kappa shape index (κ2) is 7.19. The van der Waals surface area contributed by atoms with Gasteiger partial charge in [0, 0.05) is 32.1 Å². The maximum Gasteiger partial charge on any atom is 0.416 e. The van der Waals surface area contributed by atoms with Gasteiger partial charge in [0.25, 0.3) is 11.5 Å². The average Bonchev–Trinajstić information content (AvgIpc) is 2.62. The molecule has 138 valence electrons. The van der Waals surface area contributed by atoms with Gasteiger partial charge in [-0.1, -0.05) is 6.07 Å². The Hall–Kier alpha value is -2.84. The van der Waals surface area contributed by atoms with E-state index < -0.39 is 23.2 Å². The van der Waals surface area contributed by atoms with Crippen molar-refractivity contribution in [3.05, 3.63) is 58.3 Å². The zero-order chi connectivity index (χ0) is 18.7. The molecule has 1 aromatic heterocycles. The van der Waals surface area contributed by atoms with Crippen molar-refractivity contribution in [2.75, 3.05) is 13.1 Å². The lowest BCUT2D eigenvalue weighted by Gasteiger charge is -2.32. The standard InChI is InChI=1S/C17H16F3N3O3/c18-17(19,20)11-2-1-3-13(8-11)26-12-4-6-23(7-5-12)16(25)14-9-21-10-22-15(14)24/h1-3,8-10,12H,4-7H2,(H,21,22,24). The molecule has 0 atom stereocenters. The van der Waals surface area contributed by atoms with E-state index in [-0.39, 0.29) is 17.4 Å². The quantitative estimate of drug-likeness (QED) is 0.904. The number of nitrogens with zero attached hydrogens (tertiary/aromatic N) is 2. The molecule has 0 bridgehead atoms. The molecule has 1 aliphatic heterocycles. The normalized spacial score (nSPS) is 15.7. The summed E-state index contributed by atoms with van der Waals surface area (Å²) in [5, 5.41) is 0. The van der Waals surface area contributed by atoms with E-state index in [0.29, 0.717) is 25.9 Å². The SMILES string of the molecule is O=C(c1cnc[nH]c1=O)N1CCC(Oc2cccc(C(F)(F)F)c2)CC1. The monoisotopic (exact) mass is 367 g/mol. The first-order valence-corrected chi connectivity index (χ1v) is 8.00. The van der Waals surface area contributed by atoms with Crippen molar-refractivity contribution in [3.8, 4) is 5.75 Å². The molecule has 6 nitrogen and oxygen atoms in total. The first kappa shape index (κ1) is 18.0. The number of nitrogens with one attached hydrogen (secondary N) is 1. The maximum absolute atomic E-state index is 12.7. The molecule has 0 saturated carbocycles. The lowest BCUT2D eigenvalue weighted by atomic mass is 10.1. The van der Waals surface area contributed by atoms with E-state index >= 15 is 0 Å². The number of benzene rings is 1. The fraction of sp³-hybridized carbons (Fsp3) is 0.353. The minimum Gasteiger partial charge on any atom is -0.490 e. The topological polar surface area (TPSA) is 75.3 Å². The predicted molar refractivity (Wildman–Crippen MR) is 85.9 cm³/mol. The molecule has 1 amide bonds. The Balaban J connectivity index is 1.60. The van der Waals surface area contributed by atoms with Crippen molar-refractivity contribution in [3.63, 3.8) is 0 Å². The Morgan fingerprint density at radius 3 is 2.65 bits per heavy atom. The van der Waals surface area contributed by atoms with Crippen molar-refractivity contribution < 1.29 is 22.7 Å². The smallest absolute Gasteiger partial charge is 0.416 e. The van der Waals surface area contributed by atoms with E-state index in [1.807, 2.05) is 0 Å². The van der Waals surface area contributed by atoms with Crippen molar-refractivity contribution >= 4 is 5.91 Å². The summed E-state index contributed by atoms with van der Waals surface area (Å²) in [5.74, 6) is -0.273. The summed E-state index contributed by atoms with van der Waals surface area (Å²) in [4.78, 5) is 31.6. The van der Waals surface area contributed by atoms with Crippen LogP contribution in [0.2, 0.25) is 0 Å². The highest BCUT2D eigenvalue weighted by Crippen LogP contribution is 2.32. The molecule has 1 fully saturated rings. The Morgan fingerprint density at radius 2 is 2.00 bits per heavy atom. The number of H-pyrrole nitrogens is 1. The molecule has 26 heavy (non-hydrogen) atoms. The lowest BCUT2D eigenvalue weighted by molar-refractivity contribution is -0.137. The molecule has 0 radical (unpaired) electrons. The van der Waals surface area contributed by atoms with Crippen LogP contribution in [0.3, 0.4) is 0 Å². The maximum atomic E-state index is 12.7. The van der Waals surface area contributed by atoms with Gasteiger partial charge >= 0.3 is 6.18 Å². The largest absolute Gasteiger partial charge is 0.490 e. The number of carbonyl (C=O) groups is 1. The van der Waals surface area contributed by atoms with Gasteiger partial charge in [0.15, 0.2) is 0 Å². The zero-order valence-corrected chi connectivity index (χ0v) is 13.6. The molecule has 1 saturated heterocycles. The second-order valence-corrected chi connectivity index (χ2v) is 5.93. The Morgan fingerprint density at radius 1 is 1.27 bits per heavy atom. The number of hydrogen-bond donors (Lipinski definition) is 1. The minimum atomic E-state index is -4.42. The molecule has 2 heterocycles. The molecular formula is C17H16F3N3O3. The van der Waals surface area contributed by atoms with Gasteiger partial charge in [-0.2, -0.15) is 13.2 Å². The number of piperidine rings is 1. The van der Waals surface area contributed by atoms with Gasteiger partial charge in [0.1, 0.15) is 17.4 Å². The summed E-state index contributed by atoms with van der Waals surface area (Å²) in [5.41, 5.74) is -1.31. The van der Waals surface area contributed by atoms with Crippen LogP contribution in [0.15, 0.2) is 41.6 Å². The van der Waals surface area contributed by atoms with Gasteiger partial charge in [-0.3, -0.25) is 9.59 Å². The summed E-state index contributed by atoms with van der Waals surface area (Å²) < 4.78 is 43.9. The number of likely N-dealkylation sites (tertiary alicyclic amines) is 1. The second-order valence-electron chi connectivity index (χ2n) is 5.93. The van der Waals surface area contributed by atoms with Crippen LogP contribution in [-0.2, 0) is 6.18 Å². The molecule has 3 rings (SSSR count). The van der Waals surface area contributed by atoms with Gasteiger partial charge in [0.2, 0.25) is 0 Å². The lowest BCUT2D eigenvalue weighted by Crippen LogP contribution is -2.43. The van der Waals surface area contributed by atoms with E-state index in [2.05, 4.69) is 9.97 Å². The fourth-order valence-electron chi connectivity index (χ4n) is 2.78. The van der Waals surface area contributed by atoms with Crippen molar-refractivity contribution in [1.29, 1.82) is 0 Å². The molecular weight excluding hydrogens is 351 g/mol. The van der Waals surface area contributed by atoms with Crippen LogP contribution in [0.1, 0.15) is 28.8 Å². The van der Waals surface area contributed by atoms with Gasteiger partial charge in [-0.25, -0.2) is 4.98 Å². The summed E-state index contributed by atoms with van der Waals surface area (Å²) in [6.07, 6.45) is -1.39. The van der Waals surface area contributed by atoms with Gasteiger partial charge in [-0.05, 0) is 18.2 Å². The van der Waals surface area contributed by atoms with E-state index in [4.69, 9.17) is 4.74 Å². The van der Waals surface area contributed by atoms with Crippen LogP contribution in [0.4, 0.5) is 13.2 Å². The van der Waals surface area contributed by atoms with Crippen molar-refractivity contribution in [2.45, 2.75) is 25.1 Å². The molecule has 0 unspecified atom stereocenters. The third kappa shape index (κ3) is 4.04. The summed E-state index contributed by atoms with van der Waals surface area (Å²) >= 11 is 0. The zero-order valence-electron chi connectivity index (χ0n) is 13.6. The van der Waals surface area contributed by atoms with Crippen molar-refractivity contribution in [2.24, 2.45) is 0 Å². The number of ether oxygens (including phenoxy) is 1. The molecule has 2 aromatic rings. The predicted octanol–water partition coefficient (Wildman–Crippen LogP) is 2.47. The molecule has 1 aromatic carbocycles. The van der Waals surface area contributed by atoms with Crippen LogP contribution >= 0.6 is 0 Å². The molecule has 1 N–H and O–H groups in total. The van der Waals surface area contributed by atoms with Crippen molar-refractivity contribution in [1.82, 2.24) is 14.9 Å². The van der Waals surface area contributed by atoms with Crippen LogP contribution in [0, 0.1) is 0 Å². The van der Waals surface area contributed by atoms with Gasteiger partial charge in [0.05, 0.1) is 11.9 Å². The number of halogens is 3. The van der Waals surface area contributed by atoms with Crippen LogP contribution in [0.5, 0.6) is 5.75 Å². The van der Waals surface area contributed by atoms with E-state index in [1.165, 1.54) is 29.6 Å². The Bertz CT molecular complexity index is 843. The highest BCUT2D eigenvalue weighted by Gasteiger charge is 2.31. The number of rotatable bonds is 3. The van der Waals surface area contributed by atoms with E-state index in [0.717, 1.165) is 12.1 Å². The highest BCUT2D eigenvalue weighted by molar-refractivity contribution is 5.93. The fourth-order valence-corrected chi connectivity index (χ4v) is 2.78. The number of amides is 1. The van der Waals surface area contributed by atoms with Crippen LogP contribution in [-0.4, -0.2) is 40.0 Å². The number of carbonyl (C=O) groups excluding carboxylic acids is 1. The van der Waals surface area contributed by atoms with Crippen LogP contribution in [0.25, 0.3) is 0 Å². The van der Waals surface area contributed by atoms with Gasteiger partial charge in [-0.15, -0.1) is 0 Å². The van der Waals surface area contributed by atoms with E-state index in [9.17, 15) is 22.8 Å². The summed E-state index contributed by atoms with van der Waals surface area (Å²) in [6.45, 7) is 0.688. The first-order chi connectivity index (χ1) is 12.3. The number of alkyl halides is 3. The van der Waals surface area contributed by atoms with Gasteiger partial charge < -0.3 is 14.6 Å².